The molecule has 0 spiro atoms. The van der Waals surface area contributed by atoms with Gasteiger partial charge in [0.25, 0.3) is 0 Å². The van der Waals surface area contributed by atoms with Crippen molar-refractivity contribution in [1.29, 1.82) is 0 Å². The van der Waals surface area contributed by atoms with Crippen molar-refractivity contribution >= 4 is 27.5 Å². The van der Waals surface area contributed by atoms with E-state index in [2.05, 4.69) is 22.0 Å². The van der Waals surface area contributed by atoms with Gasteiger partial charge in [-0.2, -0.15) is 0 Å². The highest BCUT2D eigenvalue weighted by Crippen LogP contribution is 2.27. The Balaban J connectivity index is 2.15. The summed E-state index contributed by atoms with van der Waals surface area (Å²) in [6, 6.07) is 12.9. The Bertz CT molecular complexity index is 603. The predicted octanol–water partition coefficient (Wildman–Crippen LogP) is 5.28. The summed E-state index contributed by atoms with van der Waals surface area (Å²) in [5, 5.41) is 1.04. The van der Waals surface area contributed by atoms with Gasteiger partial charge < -0.3 is 4.74 Å². The number of alkyl halides is 1. The van der Waals surface area contributed by atoms with Gasteiger partial charge in [0, 0.05) is 5.33 Å². The lowest BCUT2D eigenvalue weighted by atomic mass is 9.93. The van der Waals surface area contributed by atoms with Crippen molar-refractivity contribution in [2.75, 3.05) is 12.4 Å². The van der Waals surface area contributed by atoms with Crippen LogP contribution in [0.2, 0.25) is 5.02 Å². The van der Waals surface area contributed by atoms with Crippen LogP contribution < -0.4 is 4.74 Å². The summed E-state index contributed by atoms with van der Waals surface area (Å²) in [6.45, 7) is 0. The first-order valence-electron chi connectivity index (χ1n) is 6.76. The van der Waals surface area contributed by atoms with Gasteiger partial charge in [-0.3, -0.25) is 0 Å². The molecule has 1 atom stereocenters. The zero-order valence-corrected chi connectivity index (χ0v) is 14.1. The Morgan fingerprint density at radius 1 is 1.10 bits per heavy atom. The van der Waals surface area contributed by atoms with Gasteiger partial charge in [0.2, 0.25) is 0 Å². The van der Waals surface area contributed by atoms with Crippen molar-refractivity contribution in [3.05, 3.63) is 64.4 Å². The molecule has 2 aromatic rings. The van der Waals surface area contributed by atoms with Gasteiger partial charge in [-0.1, -0.05) is 57.9 Å². The molecule has 0 aromatic heterocycles. The van der Waals surface area contributed by atoms with Crippen molar-refractivity contribution < 1.29 is 9.13 Å². The van der Waals surface area contributed by atoms with Crippen LogP contribution in [0.3, 0.4) is 0 Å². The molecular weight excluding hydrogens is 355 g/mol. The number of para-hydroxylation sites is 1. The summed E-state index contributed by atoms with van der Waals surface area (Å²) in [7, 11) is 1.67. The zero-order valence-electron chi connectivity index (χ0n) is 11.8. The average Bonchev–Trinajstić information content (AvgIpc) is 2.51. The van der Waals surface area contributed by atoms with Gasteiger partial charge in [0.15, 0.2) is 0 Å². The van der Waals surface area contributed by atoms with Gasteiger partial charge in [0.05, 0.1) is 12.1 Å². The molecule has 1 nitrogen and oxygen atoms in total. The summed E-state index contributed by atoms with van der Waals surface area (Å²) in [5.74, 6) is 0.842. The fourth-order valence-corrected chi connectivity index (χ4v) is 3.04. The molecule has 1 unspecified atom stereocenters. The molecule has 0 aliphatic heterocycles. The quantitative estimate of drug-likeness (QED) is 0.627. The Morgan fingerprint density at radius 2 is 1.76 bits per heavy atom. The van der Waals surface area contributed by atoms with Crippen LogP contribution >= 0.6 is 27.5 Å². The maximum atomic E-state index is 13.5. The van der Waals surface area contributed by atoms with Crippen LogP contribution in [0.1, 0.15) is 11.1 Å². The van der Waals surface area contributed by atoms with Crippen LogP contribution in [0.15, 0.2) is 42.5 Å². The smallest absolute Gasteiger partial charge is 0.142 e. The molecule has 0 N–H and O–H groups in total. The first-order chi connectivity index (χ1) is 10.2. The van der Waals surface area contributed by atoms with Crippen LogP contribution in [0.4, 0.5) is 4.39 Å². The van der Waals surface area contributed by atoms with E-state index in [9.17, 15) is 4.39 Å². The molecule has 0 aliphatic carbocycles. The lowest BCUT2D eigenvalue weighted by molar-refractivity contribution is 0.406. The summed E-state index contributed by atoms with van der Waals surface area (Å²) < 4.78 is 18.9. The molecule has 4 heteroatoms. The molecule has 0 radical (unpaired) electrons. The molecule has 2 rings (SSSR count). The van der Waals surface area contributed by atoms with Crippen LogP contribution in [-0.2, 0) is 12.8 Å². The van der Waals surface area contributed by atoms with Crippen molar-refractivity contribution in [3.8, 4) is 5.75 Å². The van der Waals surface area contributed by atoms with E-state index in [-0.39, 0.29) is 10.8 Å². The summed E-state index contributed by atoms with van der Waals surface area (Å²) >= 11 is 9.58. The monoisotopic (exact) mass is 370 g/mol. The Labute approximate surface area is 138 Å². The van der Waals surface area contributed by atoms with Gasteiger partial charge in [-0.05, 0) is 42.0 Å². The maximum Gasteiger partial charge on any atom is 0.142 e. The fraction of sp³-hybridized carbons (Fsp3) is 0.294. The van der Waals surface area contributed by atoms with E-state index in [4.69, 9.17) is 16.3 Å². The third kappa shape index (κ3) is 4.21. The minimum Gasteiger partial charge on any atom is -0.496 e. The fourth-order valence-electron chi connectivity index (χ4n) is 2.38. The van der Waals surface area contributed by atoms with Crippen molar-refractivity contribution in [3.63, 3.8) is 0 Å². The number of ether oxygens (including phenoxy) is 1. The second-order valence-corrected chi connectivity index (χ2v) is 5.98. The number of rotatable bonds is 6. The van der Waals surface area contributed by atoms with Gasteiger partial charge in [-0.25, -0.2) is 4.39 Å². The van der Waals surface area contributed by atoms with Crippen molar-refractivity contribution in [2.45, 2.75) is 12.8 Å². The number of halogens is 3. The molecule has 2 aromatic carbocycles. The van der Waals surface area contributed by atoms with Crippen LogP contribution in [0.5, 0.6) is 5.75 Å². The highest BCUT2D eigenvalue weighted by molar-refractivity contribution is 9.09. The van der Waals surface area contributed by atoms with Crippen LogP contribution in [-0.4, -0.2) is 12.4 Å². The van der Waals surface area contributed by atoms with E-state index in [1.54, 1.807) is 13.2 Å². The maximum absolute atomic E-state index is 13.5. The topological polar surface area (TPSA) is 9.23 Å². The van der Waals surface area contributed by atoms with Crippen LogP contribution in [0, 0.1) is 11.7 Å². The van der Waals surface area contributed by atoms with E-state index < -0.39 is 0 Å². The molecule has 0 bridgehead atoms. The second-order valence-electron chi connectivity index (χ2n) is 4.95. The average molecular weight is 372 g/mol. The summed E-state index contributed by atoms with van der Waals surface area (Å²) in [5.41, 5.74) is 1.99. The lowest BCUT2D eigenvalue weighted by Crippen LogP contribution is -2.11. The third-order valence-corrected chi connectivity index (χ3v) is 4.80. The van der Waals surface area contributed by atoms with Gasteiger partial charge in [0.1, 0.15) is 11.6 Å². The molecular formula is C17H17BrClFO. The minimum atomic E-state index is -0.361. The SMILES string of the molecule is COc1ccccc1CC(CBr)Cc1cccc(F)c1Cl. The number of benzene rings is 2. The highest BCUT2D eigenvalue weighted by atomic mass is 79.9. The van der Waals surface area contributed by atoms with Crippen LogP contribution in [0.25, 0.3) is 0 Å². The normalized spacial score (nSPS) is 12.2. The third-order valence-electron chi connectivity index (χ3n) is 3.46. The Kier molecular flexibility index (Phi) is 6.07. The Morgan fingerprint density at radius 3 is 2.48 bits per heavy atom. The molecule has 0 heterocycles. The molecule has 0 saturated heterocycles. The molecule has 0 aliphatic rings. The highest BCUT2D eigenvalue weighted by Gasteiger charge is 2.15. The van der Waals surface area contributed by atoms with E-state index in [1.807, 2.05) is 24.3 Å². The standard InChI is InChI=1S/C17H17BrClFO/c1-21-16-8-3-2-5-13(16)9-12(11-18)10-14-6-4-7-15(20)17(14)19/h2-8,12H,9-11H2,1H3. The molecule has 0 fully saturated rings. The van der Waals surface area contributed by atoms with E-state index in [1.165, 1.54) is 6.07 Å². The summed E-state index contributed by atoms with van der Waals surface area (Å²) in [4.78, 5) is 0. The van der Waals surface area contributed by atoms with Crippen molar-refractivity contribution in [2.24, 2.45) is 5.92 Å². The summed E-state index contributed by atoms with van der Waals surface area (Å²) in [6.07, 6.45) is 1.57. The lowest BCUT2D eigenvalue weighted by Gasteiger charge is -2.17. The molecule has 21 heavy (non-hydrogen) atoms. The first-order valence-corrected chi connectivity index (χ1v) is 8.26. The van der Waals surface area contributed by atoms with Gasteiger partial charge in [-0.15, -0.1) is 0 Å². The number of hydrogen-bond acceptors (Lipinski definition) is 1. The zero-order chi connectivity index (χ0) is 15.2. The molecule has 0 saturated carbocycles. The second kappa shape index (κ2) is 7.81. The van der Waals surface area contributed by atoms with Gasteiger partial charge >= 0.3 is 0 Å². The number of hydrogen-bond donors (Lipinski definition) is 0. The van der Waals surface area contributed by atoms with E-state index in [0.717, 1.165) is 35.0 Å². The first kappa shape index (κ1) is 16.3. The predicted molar refractivity (Wildman–Crippen MR) is 89.1 cm³/mol. The van der Waals surface area contributed by atoms with E-state index in [0.29, 0.717) is 5.92 Å². The number of methoxy groups -OCH3 is 1. The Hall–Kier alpha value is -1.06. The molecule has 0 amide bonds. The molecule has 112 valence electrons. The largest absolute Gasteiger partial charge is 0.496 e. The van der Waals surface area contributed by atoms with Crippen molar-refractivity contribution in [1.82, 2.24) is 0 Å². The minimum absolute atomic E-state index is 0.225. The van der Waals surface area contributed by atoms with E-state index >= 15 is 0 Å².